The van der Waals surface area contributed by atoms with E-state index in [4.69, 9.17) is 0 Å². The molecule has 0 bridgehead atoms. The van der Waals surface area contributed by atoms with Crippen LogP contribution in [-0.4, -0.2) is 30.1 Å². The molecule has 2 aromatic rings. The summed E-state index contributed by atoms with van der Waals surface area (Å²) < 4.78 is 25.3. The molecule has 0 aromatic heterocycles. The van der Waals surface area contributed by atoms with Crippen LogP contribution in [0.15, 0.2) is 48.5 Å². The van der Waals surface area contributed by atoms with Gasteiger partial charge in [0.25, 0.3) is 0 Å². The Morgan fingerprint density at radius 2 is 1.81 bits per heavy atom. The fourth-order valence-corrected chi connectivity index (χ4v) is 4.08. The van der Waals surface area contributed by atoms with E-state index in [1.54, 1.807) is 16.4 Å². The number of hydrogen-bond donors (Lipinski definition) is 1. The van der Waals surface area contributed by atoms with Gasteiger partial charge in [-0.25, -0.2) is 8.42 Å². The molecule has 1 saturated heterocycles. The molecule has 0 spiro atoms. The standard InChI is InChI=1S/C16H17NO3S/c18-16-7-5-14(6-8-16)15-4-1-3-13(11-15)12-17-9-2-10-21(17,19)20/h1,3-8,11,18H,2,9-10,12H2. The van der Waals surface area contributed by atoms with Crippen LogP contribution < -0.4 is 0 Å². The monoisotopic (exact) mass is 303 g/mol. The third-order valence-corrected chi connectivity index (χ3v) is 5.59. The normalized spacial score (nSPS) is 17.9. The van der Waals surface area contributed by atoms with Crippen molar-refractivity contribution < 1.29 is 13.5 Å². The van der Waals surface area contributed by atoms with Crippen molar-refractivity contribution in [1.82, 2.24) is 4.31 Å². The Bertz CT molecular complexity index is 738. The molecule has 0 aliphatic carbocycles. The molecule has 3 rings (SSSR count). The van der Waals surface area contributed by atoms with Gasteiger partial charge in [-0.05, 0) is 41.3 Å². The first-order chi connectivity index (χ1) is 10.0. The molecule has 1 aliphatic rings. The van der Waals surface area contributed by atoms with Gasteiger partial charge >= 0.3 is 0 Å². The molecule has 110 valence electrons. The molecule has 1 heterocycles. The van der Waals surface area contributed by atoms with Crippen molar-refractivity contribution in [2.75, 3.05) is 12.3 Å². The largest absolute Gasteiger partial charge is 0.508 e. The Morgan fingerprint density at radius 3 is 2.48 bits per heavy atom. The van der Waals surface area contributed by atoms with Gasteiger partial charge in [0.15, 0.2) is 0 Å². The summed E-state index contributed by atoms with van der Waals surface area (Å²) in [7, 11) is -3.07. The zero-order chi connectivity index (χ0) is 14.9. The lowest BCUT2D eigenvalue weighted by Gasteiger charge is -2.15. The molecular formula is C16H17NO3S. The molecule has 0 unspecified atom stereocenters. The minimum absolute atomic E-state index is 0.234. The van der Waals surface area contributed by atoms with Crippen LogP contribution >= 0.6 is 0 Å². The van der Waals surface area contributed by atoms with Crippen molar-refractivity contribution in [2.24, 2.45) is 0 Å². The minimum Gasteiger partial charge on any atom is -0.508 e. The van der Waals surface area contributed by atoms with Crippen molar-refractivity contribution in [3.63, 3.8) is 0 Å². The molecule has 21 heavy (non-hydrogen) atoms. The van der Waals surface area contributed by atoms with Gasteiger partial charge < -0.3 is 5.11 Å². The second-order valence-electron chi connectivity index (χ2n) is 5.25. The summed E-state index contributed by atoms with van der Waals surface area (Å²) in [5, 5.41) is 9.33. The fourth-order valence-electron chi connectivity index (χ4n) is 2.58. The van der Waals surface area contributed by atoms with E-state index < -0.39 is 10.0 Å². The Morgan fingerprint density at radius 1 is 1.05 bits per heavy atom. The van der Waals surface area contributed by atoms with Crippen LogP contribution in [-0.2, 0) is 16.6 Å². The van der Waals surface area contributed by atoms with E-state index in [-0.39, 0.29) is 11.5 Å². The number of hydrogen-bond acceptors (Lipinski definition) is 3. The lowest BCUT2D eigenvalue weighted by molar-refractivity contribution is 0.440. The van der Waals surface area contributed by atoms with Crippen LogP contribution in [0.25, 0.3) is 11.1 Å². The molecule has 1 aliphatic heterocycles. The molecule has 5 heteroatoms. The Labute approximate surface area is 124 Å². The SMILES string of the molecule is O=S1(=O)CCCN1Cc1cccc(-c2ccc(O)cc2)c1. The van der Waals surface area contributed by atoms with Crippen molar-refractivity contribution in [3.8, 4) is 16.9 Å². The van der Waals surface area contributed by atoms with E-state index >= 15 is 0 Å². The van der Waals surface area contributed by atoms with Gasteiger partial charge in [0.2, 0.25) is 10.0 Å². The second-order valence-corrected chi connectivity index (χ2v) is 7.34. The Kier molecular flexibility index (Phi) is 3.69. The number of phenols is 1. The van der Waals surface area contributed by atoms with Gasteiger partial charge in [-0.2, -0.15) is 4.31 Å². The summed E-state index contributed by atoms with van der Waals surface area (Å²) in [5.41, 5.74) is 2.99. The van der Waals surface area contributed by atoms with Gasteiger partial charge in [-0.15, -0.1) is 0 Å². The highest BCUT2D eigenvalue weighted by Crippen LogP contribution is 2.24. The Balaban J connectivity index is 1.85. The lowest BCUT2D eigenvalue weighted by Crippen LogP contribution is -2.25. The lowest BCUT2D eigenvalue weighted by atomic mass is 10.0. The maximum atomic E-state index is 11.9. The highest BCUT2D eigenvalue weighted by Gasteiger charge is 2.27. The first-order valence-corrected chi connectivity index (χ1v) is 8.52. The summed E-state index contributed by atoms with van der Waals surface area (Å²) in [4.78, 5) is 0. The van der Waals surface area contributed by atoms with Crippen LogP contribution in [0.1, 0.15) is 12.0 Å². The molecule has 4 nitrogen and oxygen atoms in total. The predicted octanol–water partition coefficient (Wildman–Crippen LogP) is 2.59. The maximum Gasteiger partial charge on any atom is 0.214 e. The summed E-state index contributed by atoms with van der Waals surface area (Å²) in [5.74, 6) is 0.489. The van der Waals surface area contributed by atoms with E-state index in [1.165, 1.54) is 0 Å². The summed E-state index contributed by atoms with van der Waals surface area (Å²) in [6.07, 6.45) is 0.708. The van der Waals surface area contributed by atoms with Crippen LogP contribution in [0, 0.1) is 0 Å². The zero-order valence-electron chi connectivity index (χ0n) is 11.6. The average molecular weight is 303 g/mol. The molecule has 0 amide bonds. The van der Waals surface area contributed by atoms with Gasteiger partial charge in [0.05, 0.1) is 5.75 Å². The van der Waals surface area contributed by atoms with Crippen molar-refractivity contribution in [3.05, 3.63) is 54.1 Å². The van der Waals surface area contributed by atoms with Crippen LogP contribution in [0.4, 0.5) is 0 Å². The highest BCUT2D eigenvalue weighted by atomic mass is 32.2. The smallest absolute Gasteiger partial charge is 0.214 e. The summed E-state index contributed by atoms with van der Waals surface area (Å²) in [6, 6.07) is 14.8. The highest BCUT2D eigenvalue weighted by molar-refractivity contribution is 7.89. The predicted molar refractivity (Wildman–Crippen MR) is 82.4 cm³/mol. The molecule has 1 fully saturated rings. The third-order valence-electron chi connectivity index (χ3n) is 3.69. The quantitative estimate of drug-likeness (QED) is 0.948. The number of aromatic hydroxyl groups is 1. The number of nitrogens with zero attached hydrogens (tertiary/aromatic N) is 1. The number of rotatable bonds is 3. The van der Waals surface area contributed by atoms with E-state index in [0.717, 1.165) is 16.7 Å². The second kappa shape index (κ2) is 5.50. The van der Waals surface area contributed by atoms with E-state index in [0.29, 0.717) is 19.5 Å². The van der Waals surface area contributed by atoms with E-state index in [2.05, 4.69) is 0 Å². The maximum absolute atomic E-state index is 11.9. The molecule has 0 atom stereocenters. The molecule has 1 N–H and O–H groups in total. The van der Waals surface area contributed by atoms with Crippen molar-refractivity contribution >= 4 is 10.0 Å². The summed E-state index contributed by atoms with van der Waals surface area (Å²) >= 11 is 0. The Hall–Kier alpha value is -1.85. The molecular weight excluding hydrogens is 286 g/mol. The molecule has 2 aromatic carbocycles. The minimum atomic E-state index is -3.07. The van der Waals surface area contributed by atoms with Gasteiger partial charge in [-0.3, -0.25) is 0 Å². The van der Waals surface area contributed by atoms with Crippen LogP contribution in [0.5, 0.6) is 5.75 Å². The fraction of sp³-hybridized carbons (Fsp3) is 0.250. The average Bonchev–Trinajstić information content (AvgIpc) is 2.79. The first kappa shape index (κ1) is 14.1. The van der Waals surface area contributed by atoms with Crippen molar-refractivity contribution in [2.45, 2.75) is 13.0 Å². The van der Waals surface area contributed by atoms with E-state index in [9.17, 15) is 13.5 Å². The van der Waals surface area contributed by atoms with Crippen molar-refractivity contribution in [1.29, 1.82) is 0 Å². The van der Waals surface area contributed by atoms with Gasteiger partial charge in [0, 0.05) is 13.1 Å². The van der Waals surface area contributed by atoms with E-state index in [1.807, 2.05) is 36.4 Å². The number of phenolic OH excluding ortho intramolecular Hbond substituents is 1. The third kappa shape index (κ3) is 3.09. The van der Waals surface area contributed by atoms with Crippen LogP contribution in [0.2, 0.25) is 0 Å². The number of sulfonamides is 1. The van der Waals surface area contributed by atoms with Gasteiger partial charge in [-0.1, -0.05) is 30.3 Å². The topological polar surface area (TPSA) is 57.6 Å². The summed E-state index contributed by atoms with van der Waals surface area (Å²) in [6.45, 7) is 1.03. The van der Waals surface area contributed by atoms with Crippen LogP contribution in [0.3, 0.4) is 0 Å². The van der Waals surface area contributed by atoms with Gasteiger partial charge in [0.1, 0.15) is 5.75 Å². The first-order valence-electron chi connectivity index (χ1n) is 6.91. The zero-order valence-corrected chi connectivity index (χ0v) is 12.4. The number of benzene rings is 2. The molecule has 0 saturated carbocycles. The molecule has 0 radical (unpaired) electrons.